The summed E-state index contributed by atoms with van der Waals surface area (Å²) < 4.78 is 10.9. The molecule has 1 aromatic heterocycles. The Kier molecular flexibility index (Phi) is 3.69. The van der Waals surface area contributed by atoms with Gasteiger partial charge in [-0.25, -0.2) is 0 Å². The summed E-state index contributed by atoms with van der Waals surface area (Å²) in [6.45, 7) is 3.19. The number of nitrogens with zero attached hydrogens (tertiary/aromatic N) is 1. The van der Waals surface area contributed by atoms with E-state index in [1.54, 1.807) is 18.4 Å². The number of hydrogen-bond acceptors (Lipinski definition) is 5. The lowest BCUT2D eigenvalue weighted by atomic mass is 10.0. The molecule has 1 fully saturated rings. The van der Waals surface area contributed by atoms with Gasteiger partial charge in [0.1, 0.15) is 5.60 Å². The van der Waals surface area contributed by atoms with Crippen LogP contribution in [0.4, 0.5) is 0 Å². The fraction of sp³-hybridized carbons (Fsp3) is 0.700. The van der Waals surface area contributed by atoms with Gasteiger partial charge in [0.15, 0.2) is 0 Å². The van der Waals surface area contributed by atoms with E-state index in [0.717, 1.165) is 26.1 Å². The minimum Gasteiger partial charge on any atom is -0.378 e. The zero-order chi connectivity index (χ0) is 10.6. The number of thiazole rings is 1. The summed E-state index contributed by atoms with van der Waals surface area (Å²) in [4.78, 5) is 5.28. The van der Waals surface area contributed by atoms with Gasteiger partial charge in [0.25, 0.3) is 0 Å². The first-order valence-corrected chi connectivity index (χ1v) is 5.94. The third-order valence-electron chi connectivity index (χ3n) is 2.73. The summed E-state index contributed by atoms with van der Waals surface area (Å²) in [5.74, 6) is 0. The fourth-order valence-corrected chi connectivity index (χ4v) is 2.27. The maximum absolute atomic E-state index is 5.52. The molecule has 1 aromatic rings. The highest BCUT2D eigenvalue weighted by Gasteiger charge is 2.34. The van der Waals surface area contributed by atoms with Crippen molar-refractivity contribution in [3.8, 4) is 0 Å². The molecule has 2 rings (SSSR count). The van der Waals surface area contributed by atoms with E-state index >= 15 is 0 Å². The van der Waals surface area contributed by atoms with Gasteiger partial charge in [0, 0.05) is 44.3 Å². The van der Waals surface area contributed by atoms with Gasteiger partial charge in [-0.3, -0.25) is 4.98 Å². The smallest absolute Gasteiger partial charge is 0.106 e. The average Bonchev–Trinajstić information content (AvgIpc) is 2.89. The van der Waals surface area contributed by atoms with Gasteiger partial charge < -0.3 is 14.8 Å². The Labute approximate surface area is 93.6 Å². The molecule has 1 N–H and O–H groups in total. The van der Waals surface area contributed by atoms with Crippen molar-refractivity contribution in [1.82, 2.24) is 10.3 Å². The van der Waals surface area contributed by atoms with Crippen LogP contribution in [-0.2, 0) is 16.0 Å². The van der Waals surface area contributed by atoms with Crippen LogP contribution in [0.1, 0.15) is 11.3 Å². The quantitative estimate of drug-likeness (QED) is 0.817. The minimum atomic E-state index is -0.120. The molecule has 0 saturated carbocycles. The van der Waals surface area contributed by atoms with E-state index in [0.29, 0.717) is 6.61 Å². The Morgan fingerprint density at radius 2 is 2.67 bits per heavy atom. The molecule has 84 valence electrons. The Morgan fingerprint density at radius 3 is 3.27 bits per heavy atom. The zero-order valence-corrected chi connectivity index (χ0v) is 9.68. The summed E-state index contributed by atoms with van der Waals surface area (Å²) in [6, 6.07) is 0. The number of rotatable bonds is 5. The predicted octanol–water partition coefficient (Wildman–Crippen LogP) is 1.04. The van der Waals surface area contributed by atoms with Crippen LogP contribution < -0.4 is 5.32 Å². The third-order valence-corrected chi connectivity index (χ3v) is 3.51. The Hall–Kier alpha value is -0.490. The number of ether oxygens (including phenoxy) is 2. The Morgan fingerprint density at radius 1 is 1.73 bits per heavy atom. The summed E-state index contributed by atoms with van der Waals surface area (Å²) in [5, 5.41) is 3.39. The normalized spacial score (nSPS) is 25.9. The van der Waals surface area contributed by atoms with E-state index in [1.807, 2.05) is 11.7 Å². The van der Waals surface area contributed by atoms with Crippen LogP contribution in [0.25, 0.3) is 0 Å². The van der Waals surface area contributed by atoms with E-state index in [-0.39, 0.29) is 5.60 Å². The molecular formula is C10H16N2O2S. The molecule has 1 unspecified atom stereocenters. The van der Waals surface area contributed by atoms with Crippen molar-refractivity contribution in [2.45, 2.75) is 18.6 Å². The SMILES string of the molecule is COC1(CNCc2cncs2)CCOC1. The fourth-order valence-electron chi connectivity index (χ4n) is 1.70. The van der Waals surface area contributed by atoms with Crippen LogP contribution >= 0.6 is 11.3 Å². The summed E-state index contributed by atoms with van der Waals surface area (Å²) in [7, 11) is 1.75. The zero-order valence-electron chi connectivity index (χ0n) is 8.86. The first-order valence-electron chi connectivity index (χ1n) is 5.06. The van der Waals surface area contributed by atoms with Crippen LogP contribution in [0.3, 0.4) is 0 Å². The van der Waals surface area contributed by atoms with Crippen molar-refractivity contribution in [2.75, 3.05) is 26.9 Å². The van der Waals surface area contributed by atoms with Crippen molar-refractivity contribution in [3.63, 3.8) is 0 Å². The first-order chi connectivity index (χ1) is 7.35. The highest BCUT2D eigenvalue weighted by Crippen LogP contribution is 2.21. The third kappa shape index (κ3) is 2.75. The van der Waals surface area contributed by atoms with E-state index in [4.69, 9.17) is 9.47 Å². The standard InChI is InChI=1S/C10H16N2O2S/c1-13-10(2-3-14-7-10)6-11-4-9-5-12-8-15-9/h5,8,11H,2-4,6-7H2,1H3. The van der Waals surface area contributed by atoms with Crippen molar-refractivity contribution < 1.29 is 9.47 Å². The molecular weight excluding hydrogens is 212 g/mol. The molecule has 0 aromatic carbocycles. The van der Waals surface area contributed by atoms with Gasteiger partial charge in [-0.2, -0.15) is 0 Å². The number of nitrogens with one attached hydrogen (secondary N) is 1. The van der Waals surface area contributed by atoms with Crippen molar-refractivity contribution in [3.05, 3.63) is 16.6 Å². The van der Waals surface area contributed by atoms with E-state index in [2.05, 4.69) is 10.3 Å². The molecule has 4 nitrogen and oxygen atoms in total. The second kappa shape index (κ2) is 5.03. The lowest BCUT2D eigenvalue weighted by Gasteiger charge is -2.25. The monoisotopic (exact) mass is 228 g/mol. The number of methoxy groups -OCH3 is 1. The van der Waals surface area contributed by atoms with E-state index < -0.39 is 0 Å². The lowest BCUT2D eigenvalue weighted by Crippen LogP contribution is -2.42. The van der Waals surface area contributed by atoms with Crippen molar-refractivity contribution in [2.24, 2.45) is 0 Å². The van der Waals surface area contributed by atoms with Crippen LogP contribution in [-0.4, -0.2) is 37.5 Å². The lowest BCUT2D eigenvalue weighted by molar-refractivity contribution is -0.0159. The van der Waals surface area contributed by atoms with Gasteiger partial charge in [0.05, 0.1) is 12.1 Å². The maximum atomic E-state index is 5.52. The number of hydrogen-bond donors (Lipinski definition) is 1. The second-order valence-electron chi connectivity index (χ2n) is 3.76. The van der Waals surface area contributed by atoms with E-state index in [9.17, 15) is 0 Å². The molecule has 0 aliphatic carbocycles. The van der Waals surface area contributed by atoms with E-state index in [1.165, 1.54) is 4.88 Å². The first kappa shape index (κ1) is 11.0. The van der Waals surface area contributed by atoms with Gasteiger partial charge in [-0.05, 0) is 0 Å². The van der Waals surface area contributed by atoms with Crippen LogP contribution in [0.5, 0.6) is 0 Å². The second-order valence-corrected chi connectivity index (χ2v) is 4.73. The van der Waals surface area contributed by atoms with Crippen LogP contribution in [0.15, 0.2) is 11.7 Å². The molecule has 15 heavy (non-hydrogen) atoms. The Bertz CT molecular complexity index is 284. The molecule has 2 heterocycles. The topological polar surface area (TPSA) is 43.4 Å². The summed E-state index contributed by atoms with van der Waals surface area (Å²) in [5.41, 5.74) is 1.73. The maximum Gasteiger partial charge on any atom is 0.106 e. The van der Waals surface area contributed by atoms with Crippen molar-refractivity contribution >= 4 is 11.3 Å². The molecule has 1 aliphatic rings. The molecule has 5 heteroatoms. The van der Waals surface area contributed by atoms with Crippen LogP contribution in [0, 0.1) is 0 Å². The molecule has 0 amide bonds. The highest BCUT2D eigenvalue weighted by molar-refractivity contribution is 7.09. The summed E-state index contributed by atoms with van der Waals surface area (Å²) in [6.07, 6.45) is 2.86. The van der Waals surface area contributed by atoms with Crippen molar-refractivity contribution in [1.29, 1.82) is 0 Å². The highest BCUT2D eigenvalue weighted by atomic mass is 32.1. The largest absolute Gasteiger partial charge is 0.378 e. The van der Waals surface area contributed by atoms with Crippen LogP contribution in [0.2, 0.25) is 0 Å². The minimum absolute atomic E-state index is 0.120. The molecule has 1 aliphatic heterocycles. The predicted molar refractivity (Wildman–Crippen MR) is 59.0 cm³/mol. The van der Waals surface area contributed by atoms with Gasteiger partial charge in [0.2, 0.25) is 0 Å². The van der Waals surface area contributed by atoms with Gasteiger partial charge in [-0.15, -0.1) is 11.3 Å². The average molecular weight is 228 g/mol. The molecule has 1 atom stereocenters. The number of aromatic nitrogens is 1. The molecule has 0 bridgehead atoms. The van der Waals surface area contributed by atoms with Gasteiger partial charge in [-0.1, -0.05) is 0 Å². The summed E-state index contributed by atoms with van der Waals surface area (Å²) >= 11 is 1.67. The Balaban J connectivity index is 1.77. The molecule has 0 radical (unpaired) electrons. The molecule has 1 saturated heterocycles. The molecule has 0 spiro atoms. The van der Waals surface area contributed by atoms with Gasteiger partial charge >= 0.3 is 0 Å².